The molecule has 1 amide bonds. The summed E-state index contributed by atoms with van der Waals surface area (Å²) >= 11 is 0. The van der Waals surface area contributed by atoms with Crippen LogP contribution >= 0.6 is 0 Å². The lowest BCUT2D eigenvalue weighted by Crippen LogP contribution is -2.27. The standard InChI is InChI=1S/C25H29FN6O2/c1-4-31(5-2)14-15-32-21-9-7-6-8-20(21)27-25(32)28-22(33)12-13-23-29-24(30-34-23)18-10-11-19(26)17(3)16-18/h6-11,16H,4-5,12-15H2,1-3H3,(H,27,28,33). The number of likely N-dealkylation sites (N-methyl/N-ethyl adjacent to an activating group) is 1. The molecule has 34 heavy (non-hydrogen) atoms. The van der Waals surface area contributed by atoms with Gasteiger partial charge in [0.25, 0.3) is 0 Å². The average Bonchev–Trinajstić information content (AvgIpc) is 3.45. The average molecular weight is 465 g/mol. The lowest BCUT2D eigenvalue weighted by atomic mass is 10.1. The van der Waals surface area contributed by atoms with Gasteiger partial charge in [-0.3, -0.25) is 10.1 Å². The molecule has 0 bridgehead atoms. The molecule has 0 aliphatic heterocycles. The van der Waals surface area contributed by atoms with E-state index in [2.05, 4.69) is 39.2 Å². The number of anilines is 1. The van der Waals surface area contributed by atoms with Gasteiger partial charge in [0.2, 0.25) is 23.6 Å². The SMILES string of the molecule is CCN(CC)CCn1c(NC(=O)CCc2nc(-c3ccc(F)c(C)c3)no2)nc2ccccc21. The molecule has 0 fully saturated rings. The fourth-order valence-corrected chi connectivity index (χ4v) is 3.84. The van der Waals surface area contributed by atoms with Crippen LogP contribution in [0.25, 0.3) is 22.4 Å². The number of aryl methyl sites for hydroxylation is 2. The summed E-state index contributed by atoms with van der Waals surface area (Å²) in [7, 11) is 0. The summed E-state index contributed by atoms with van der Waals surface area (Å²) in [5.74, 6) is 0.786. The van der Waals surface area contributed by atoms with Crippen LogP contribution in [0.3, 0.4) is 0 Å². The van der Waals surface area contributed by atoms with E-state index >= 15 is 0 Å². The van der Waals surface area contributed by atoms with Gasteiger partial charge in [-0.25, -0.2) is 9.37 Å². The Morgan fingerprint density at radius 3 is 2.71 bits per heavy atom. The van der Waals surface area contributed by atoms with Crippen LogP contribution in [0, 0.1) is 12.7 Å². The Morgan fingerprint density at radius 1 is 1.15 bits per heavy atom. The zero-order valence-electron chi connectivity index (χ0n) is 19.7. The van der Waals surface area contributed by atoms with Crippen LogP contribution in [0.15, 0.2) is 47.0 Å². The van der Waals surface area contributed by atoms with Crippen molar-refractivity contribution in [1.82, 2.24) is 24.6 Å². The summed E-state index contributed by atoms with van der Waals surface area (Å²) in [4.78, 5) is 24.0. The van der Waals surface area contributed by atoms with E-state index in [-0.39, 0.29) is 18.1 Å². The van der Waals surface area contributed by atoms with Crippen molar-refractivity contribution in [1.29, 1.82) is 0 Å². The first-order valence-electron chi connectivity index (χ1n) is 11.5. The van der Waals surface area contributed by atoms with E-state index in [1.54, 1.807) is 19.1 Å². The van der Waals surface area contributed by atoms with Crippen LogP contribution in [0.1, 0.15) is 31.7 Å². The number of imidazole rings is 1. The zero-order valence-corrected chi connectivity index (χ0v) is 19.7. The van der Waals surface area contributed by atoms with Crippen molar-refractivity contribution in [2.75, 3.05) is 25.0 Å². The van der Waals surface area contributed by atoms with Gasteiger partial charge >= 0.3 is 0 Å². The summed E-state index contributed by atoms with van der Waals surface area (Å²) in [6.45, 7) is 9.48. The van der Waals surface area contributed by atoms with Crippen molar-refractivity contribution in [3.8, 4) is 11.4 Å². The van der Waals surface area contributed by atoms with Gasteiger partial charge in [-0.2, -0.15) is 4.98 Å². The maximum atomic E-state index is 13.5. The largest absolute Gasteiger partial charge is 0.339 e. The molecule has 2 aromatic carbocycles. The number of hydrogen-bond acceptors (Lipinski definition) is 6. The number of aromatic nitrogens is 4. The smallest absolute Gasteiger partial charge is 0.227 e. The van der Waals surface area contributed by atoms with Gasteiger partial charge in [0.1, 0.15) is 5.82 Å². The molecule has 178 valence electrons. The topological polar surface area (TPSA) is 89.1 Å². The van der Waals surface area contributed by atoms with Crippen molar-refractivity contribution in [3.63, 3.8) is 0 Å². The summed E-state index contributed by atoms with van der Waals surface area (Å²) in [6.07, 6.45) is 0.460. The lowest BCUT2D eigenvalue weighted by Gasteiger charge is -2.19. The minimum absolute atomic E-state index is 0.170. The number of nitrogens with one attached hydrogen (secondary N) is 1. The van der Waals surface area contributed by atoms with Gasteiger partial charge in [-0.05, 0) is 55.9 Å². The summed E-state index contributed by atoms with van der Waals surface area (Å²) in [6, 6.07) is 12.5. The third kappa shape index (κ3) is 5.31. The third-order valence-electron chi connectivity index (χ3n) is 5.89. The van der Waals surface area contributed by atoms with E-state index in [4.69, 9.17) is 4.52 Å². The van der Waals surface area contributed by atoms with E-state index in [0.29, 0.717) is 35.2 Å². The number of fused-ring (bicyclic) bond motifs is 1. The lowest BCUT2D eigenvalue weighted by molar-refractivity contribution is -0.116. The molecule has 1 N–H and O–H groups in total. The van der Waals surface area contributed by atoms with Gasteiger partial charge in [0, 0.05) is 31.5 Å². The second kappa shape index (κ2) is 10.6. The molecule has 2 aromatic heterocycles. The highest BCUT2D eigenvalue weighted by Crippen LogP contribution is 2.21. The first kappa shape index (κ1) is 23.6. The second-order valence-corrected chi connectivity index (χ2v) is 8.13. The number of halogens is 1. The Bertz CT molecular complexity index is 1280. The molecule has 0 saturated carbocycles. The van der Waals surface area contributed by atoms with E-state index in [1.807, 2.05) is 28.8 Å². The number of rotatable bonds is 10. The number of benzene rings is 2. The van der Waals surface area contributed by atoms with Crippen LogP contribution in [-0.4, -0.2) is 50.1 Å². The summed E-state index contributed by atoms with van der Waals surface area (Å²) in [5.41, 5.74) is 3.00. The Morgan fingerprint density at radius 2 is 1.94 bits per heavy atom. The Kier molecular flexibility index (Phi) is 7.32. The number of carbonyl (C=O) groups is 1. The van der Waals surface area contributed by atoms with Crippen LogP contribution in [0.4, 0.5) is 10.3 Å². The molecule has 0 spiro atoms. The van der Waals surface area contributed by atoms with E-state index in [1.165, 1.54) is 6.07 Å². The molecule has 4 aromatic rings. The van der Waals surface area contributed by atoms with Gasteiger partial charge in [0.05, 0.1) is 11.0 Å². The van der Waals surface area contributed by atoms with Crippen molar-refractivity contribution in [2.24, 2.45) is 0 Å². The fraction of sp³-hybridized carbons (Fsp3) is 0.360. The molecule has 4 rings (SSSR count). The van der Waals surface area contributed by atoms with Crippen molar-refractivity contribution in [3.05, 3.63) is 59.7 Å². The normalized spacial score (nSPS) is 11.4. The minimum Gasteiger partial charge on any atom is -0.339 e. The van der Waals surface area contributed by atoms with Crippen LogP contribution in [0.5, 0.6) is 0 Å². The third-order valence-corrected chi connectivity index (χ3v) is 5.89. The van der Waals surface area contributed by atoms with E-state index < -0.39 is 0 Å². The predicted octanol–water partition coefficient (Wildman–Crippen LogP) is 4.45. The number of nitrogens with zero attached hydrogens (tertiary/aromatic N) is 5. The predicted molar refractivity (Wildman–Crippen MR) is 129 cm³/mol. The Balaban J connectivity index is 1.42. The van der Waals surface area contributed by atoms with Crippen LogP contribution in [-0.2, 0) is 17.8 Å². The Labute approximate surface area is 197 Å². The molecular weight excluding hydrogens is 435 g/mol. The monoisotopic (exact) mass is 464 g/mol. The molecule has 0 radical (unpaired) electrons. The maximum absolute atomic E-state index is 13.5. The molecule has 0 aliphatic rings. The first-order chi connectivity index (χ1) is 16.5. The Hall–Kier alpha value is -3.59. The number of para-hydroxylation sites is 2. The van der Waals surface area contributed by atoms with Gasteiger partial charge < -0.3 is 14.0 Å². The minimum atomic E-state index is -0.285. The molecule has 9 heteroatoms. The highest BCUT2D eigenvalue weighted by atomic mass is 19.1. The number of hydrogen-bond donors (Lipinski definition) is 1. The molecule has 0 saturated heterocycles. The number of carbonyl (C=O) groups excluding carboxylic acids is 1. The molecule has 2 heterocycles. The molecule has 0 aliphatic carbocycles. The van der Waals surface area contributed by atoms with E-state index in [9.17, 15) is 9.18 Å². The quantitative estimate of drug-likeness (QED) is 0.373. The van der Waals surface area contributed by atoms with Gasteiger partial charge in [-0.1, -0.05) is 31.1 Å². The number of amides is 1. The molecular formula is C25H29FN6O2. The van der Waals surface area contributed by atoms with Gasteiger partial charge in [-0.15, -0.1) is 0 Å². The van der Waals surface area contributed by atoms with Crippen molar-refractivity contribution < 1.29 is 13.7 Å². The molecule has 8 nitrogen and oxygen atoms in total. The van der Waals surface area contributed by atoms with Crippen LogP contribution in [0.2, 0.25) is 0 Å². The molecule has 0 atom stereocenters. The van der Waals surface area contributed by atoms with Crippen molar-refractivity contribution in [2.45, 2.75) is 40.2 Å². The highest BCUT2D eigenvalue weighted by Gasteiger charge is 2.16. The summed E-state index contributed by atoms with van der Waals surface area (Å²) in [5, 5.41) is 6.90. The first-order valence-corrected chi connectivity index (χ1v) is 11.5. The van der Waals surface area contributed by atoms with E-state index in [0.717, 1.165) is 37.2 Å². The second-order valence-electron chi connectivity index (χ2n) is 8.13. The maximum Gasteiger partial charge on any atom is 0.227 e. The van der Waals surface area contributed by atoms with Gasteiger partial charge in [0.15, 0.2) is 0 Å². The summed E-state index contributed by atoms with van der Waals surface area (Å²) < 4.78 is 20.8. The van der Waals surface area contributed by atoms with Crippen LogP contribution < -0.4 is 5.32 Å². The van der Waals surface area contributed by atoms with Crippen molar-refractivity contribution >= 4 is 22.9 Å². The highest BCUT2D eigenvalue weighted by molar-refractivity contribution is 5.91. The fourth-order valence-electron chi connectivity index (χ4n) is 3.84. The zero-order chi connectivity index (χ0) is 24.1. The molecule has 0 unspecified atom stereocenters.